The van der Waals surface area contributed by atoms with Crippen LogP contribution in [0.15, 0.2) is 4.34 Å². The van der Waals surface area contributed by atoms with Crippen LogP contribution in [0.2, 0.25) is 0 Å². The quantitative estimate of drug-likeness (QED) is 0.779. The van der Waals surface area contributed by atoms with Crippen molar-refractivity contribution in [3.8, 4) is 0 Å². The van der Waals surface area contributed by atoms with Crippen LogP contribution in [-0.4, -0.2) is 33.9 Å². The molecule has 1 heterocycles. The summed E-state index contributed by atoms with van der Waals surface area (Å²) in [5.74, 6) is 1.81. The molecule has 0 spiro atoms. The number of amides is 1. The highest BCUT2D eigenvalue weighted by atomic mass is 32.2. The van der Waals surface area contributed by atoms with E-state index >= 15 is 0 Å². The summed E-state index contributed by atoms with van der Waals surface area (Å²) in [4.78, 5) is 12.1. The average molecular weight is 341 g/mol. The highest BCUT2D eigenvalue weighted by Gasteiger charge is 2.28. The molecule has 0 aliphatic heterocycles. The van der Waals surface area contributed by atoms with Crippen LogP contribution in [0.5, 0.6) is 0 Å². The summed E-state index contributed by atoms with van der Waals surface area (Å²) < 4.78 is 0.864. The summed E-state index contributed by atoms with van der Waals surface area (Å²) in [7, 11) is 0. The number of aromatic nitrogens is 2. The molecule has 22 heavy (non-hydrogen) atoms. The van der Waals surface area contributed by atoms with Crippen molar-refractivity contribution in [3.63, 3.8) is 0 Å². The summed E-state index contributed by atoms with van der Waals surface area (Å²) in [6.45, 7) is 4.54. The molecular weight excluding hydrogens is 316 g/mol. The maximum atomic E-state index is 12.1. The first-order valence-corrected chi connectivity index (χ1v) is 9.94. The normalized spacial score (nSPS) is 28.4. The van der Waals surface area contributed by atoms with Crippen LogP contribution in [0, 0.1) is 11.8 Å². The lowest BCUT2D eigenvalue weighted by molar-refractivity contribution is -0.119. The lowest BCUT2D eigenvalue weighted by Gasteiger charge is -2.34. The van der Waals surface area contributed by atoms with E-state index in [-0.39, 0.29) is 5.91 Å². The molecule has 122 valence electrons. The van der Waals surface area contributed by atoms with Gasteiger partial charge in [-0.15, -0.1) is 10.2 Å². The Morgan fingerprint density at radius 2 is 2.09 bits per heavy atom. The Balaban J connectivity index is 1.42. The largest absolute Gasteiger partial charge is 0.357 e. The molecule has 3 unspecified atom stereocenters. The van der Waals surface area contributed by atoms with Crippen LogP contribution < -0.4 is 10.6 Å². The van der Waals surface area contributed by atoms with E-state index in [1.165, 1.54) is 48.8 Å². The van der Waals surface area contributed by atoms with E-state index in [0.29, 0.717) is 29.7 Å². The van der Waals surface area contributed by atoms with Crippen molar-refractivity contribution in [2.45, 2.75) is 62.4 Å². The Labute approximate surface area is 140 Å². The lowest BCUT2D eigenvalue weighted by atomic mass is 9.78. The molecule has 0 bridgehead atoms. The predicted octanol–water partition coefficient (Wildman–Crippen LogP) is 3.15. The number of nitrogens with one attached hydrogen (secondary N) is 2. The number of hydrogen-bond donors (Lipinski definition) is 2. The van der Waals surface area contributed by atoms with Gasteiger partial charge in [-0.25, -0.2) is 0 Å². The minimum atomic E-state index is 0.114. The Morgan fingerprint density at radius 3 is 2.86 bits per heavy atom. The van der Waals surface area contributed by atoms with E-state index in [1.54, 1.807) is 0 Å². The number of rotatable bonds is 6. The van der Waals surface area contributed by atoms with Gasteiger partial charge in [0.15, 0.2) is 4.34 Å². The molecule has 3 rings (SSSR count). The van der Waals surface area contributed by atoms with Crippen LogP contribution in [0.1, 0.15) is 46.0 Å². The zero-order valence-corrected chi connectivity index (χ0v) is 14.8. The zero-order chi connectivity index (χ0) is 15.5. The fourth-order valence-corrected chi connectivity index (χ4v) is 4.53. The molecule has 2 fully saturated rings. The van der Waals surface area contributed by atoms with E-state index in [1.807, 2.05) is 0 Å². The van der Waals surface area contributed by atoms with Crippen molar-refractivity contribution in [1.29, 1.82) is 0 Å². The Kier molecular flexibility index (Phi) is 5.23. The maximum absolute atomic E-state index is 12.1. The molecule has 0 aromatic carbocycles. The van der Waals surface area contributed by atoms with Gasteiger partial charge < -0.3 is 10.6 Å². The third-order valence-corrected chi connectivity index (χ3v) is 6.68. The van der Waals surface area contributed by atoms with Crippen LogP contribution >= 0.6 is 23.1 Å². The summed E-state index contributed by atoms with van der Waals surface area (Å²) in [5, 5.41) is 15.7. The van der Waals surface area contributed by atoms with Gasteiger partial charge in [0.25, 0.3) is 0 Å². The second kappa shape index (κ2) is 7.17. The maximum Gasteiger partial charge on any atom is 0.230 e. The van der Waals surface area contributed by atoms with E-state index in [9.17, 15) is 4.79 Å². The summed E-state index contributed by atoms with van der Waals surface area (Å²) in [5.41, 5.74) is 0. The number of anilines is 1. The van der Waals surface area contributed by atoms with Crippen LogP contribution in [-0.2, 0) is 4.79 Å². The van der Waals surface area contributed by atoms with E-state index in [2.05, 4.69) is 34.7 Å². The molecule has 5 nitrogen and oxygen atoms in total. The molecule has 1 amide bonds. The molecule has 0 radical (unpaired) electrons. The minimum absolute atomic E-state index is 0.114. The first kappa shape index (κ1) is 16.1. The van der Waals surface area contributed by atoms with E-state index in [4.69, 9.17) is 0 Å². The SMILES string of the molecule is CC1CCCC(NC(=O)CSc2nnc(NC3CC3)s2)C1C. The predicted molar refractivity (Wildman–Crippen MR) is 91.4 cm³/mol. The van der Waals surface area contributed by atoms with Gasteiger partial charge in [-0.2, -0.15) is 0 Å². The first-order chi connectivity index (χ1) is 10.6. The first-order valence-electron chi connectivity index (χ1n) is 8.14. The number of thioether (sulfide) groups is 1. The van der Waals surface area contributed by atoms with Gasteiger partial charge in [-0.3, -0.25) is 4.79 Å². The lowest BCUT2D eigenvalue weighted by Crippen LogP contribution is -2.44. The number of nitrogens with zero attached hydrogens (tertiary/aromatic N) is 2. The second-order valence-corrected chi connectivity index (χ2v) is 8.72. The van der Waals surface area contributed by atoms with E-state index in [0.717, 1.165) is 15.9 Å². The van der Waals surface area contributed by atoms with Gasteiger partial charge in [0.2, 0.25) is 11.0 Å². The zero-order valence-electron chi connectivity index (χ0n) is 13.2. The third kappa shape index (κ3) is 4.35. The van der Waals surface area contributed by atoms with Gasteiger partial charge in [0, 0.05) is 12.1 Å². The van der Waals surface area contributed by atoms with Crippen molar-refractivity contribution in [3.05, 3.63) is 0 Å². The van der Waals surface area contributed by atoms with Gasteiger partial charge in [-0.1, -0.05) is 49.8 Å². The number of carbonyl (C=O) groups excluding carboxylic acids is 1. The molecule has 2 N–H and O–H groups in total. The monoisotopic (exact) mass is 340 g/mol. The molecule has 3 atom stereocenters. The molecule has 2 saturated carbocycles. The van der Waals surface area contributed by atoms with Crippen molar-refractivity contribution >= 4 is 34.1 Å². The van der Waals surface area contributed by atoms with Crippen LogP contribution in [0.25, 0.3) is 0 Å². The summed E-state index contributed by atoms with van der Waals surface area (Å²) in [6, 6.07) is 0.919. The third-order valence-electron chi connectivity index (χ3n) is 4.69. The van der Waals surface area contributed by atoms with Gasteiger partial charge in [0.1, 0.15) is 0 Å². The number of hydrogen-bond acceptors (Lipinski definition) is 6. The Hall–Kier alpha value is -0.820. The van der Waals surface area contributed by atoms with E-state index < -0.39 is 0 Å². The topological polar surface area (TPSA) is 66.9 Å². The van der Waals surface area contributed by atoms with Crippen molar-refractivity contribution in [2.24, 2.45) is 11.8 Å². The van der Waals surface area contributed by atoms with Gasteiger partial charge >= 0.3 is 0 Å². The summed E-state index contributed by atoms with van der Waals surface area (Å²) >= 11 is 3.02. The molecular formula is C15H24N4OS2. The Bertz CT molecular complexity index is 517. The van der Waals surface area contributed by atoms with Crippen LogP contribution in [0.4, 0.5) is 5.13 Å². The second-order valence-electron chi connectivity index (χ2n) is 6.52. The summed E-state index contributed by atoms with van der Waals surface area (Å²) in [6.07, 6.45) is 6.06. The highest BCUT2D eigenvalue weighted by Crippen LogP contribution is 2.31. The van der Waals surface area contributed by atoms with Crippen molar-refractivity contribution in [2.75, 3.05) is 11.1 Å². The Morgan fingerprint density at radius 1 is 1.27 bits per heavy atom. The number of carbonyl (C=O) groups is 1. The fraction of sp³-hybridized carbons (Fsp3) is 0.800. The van der Waals surface area contributed by atoms with Gasteiger partial charge in [-0.05, 0) is 31.1 Å². The van der Waals surface area contributed by atoms with Crippen molar-refractivity contribution in [1.82, 2.24) is 15.5 Å². The molecule has 2 aliphatic carbocycles. The fourth-order valence-electron chi connectivity index (χ4n) is 2.89. The van der Waals surface area contributed by atoms with Gasteiger partial charge in [0.05, 0.1) is 5.75 Å². The van der Waals surface area contributed by atoms with Crippen LogP contribution in [0.3, 0.4) is 0 Å². The van der Waals surface area contributed by atoms with Crippen molar-refractivity contribution < 1.29 is 4.79 Å². The smallest absolute Gasteiger partial charge is 0.230 e. The minimum Gasteiger partial charge on any atom is -0.357 e. The molecule has 1 aromatic rings. The molecule has 0 saturated heterocycles. The molecule has 2 aliphatic rings. The molecule has 7 heteroatoms. The standard InChI is InChI=1S/C15H24N4OS2/c1-9-4-3-5-12(10(9)2)17-13(20)8-21-15-19-18-14(22-15)16-11-6-7-11/h9-12H,3-8H2,1-2H3,(H,16,18)(H,17,20). The highest BCUT2D eigenvalue weighted by molar-refractivity contribution is 8.01. The molecule has 1 aromatic heterocycles. The average Bonchev–Trinajstić information content (AvgIpc) is 3.19.